The lowest BCUT2D eigenvalue weighted by Gasteiger charge is -2.21. The first-order valence-electron chi connectivity index (χ1n) is 10.9. The van der Waals surface area contributed by atoms with E-state index in [2.05, 4.69) is 40.1 Å². The molecule has 0 radical (unpaired) electrons. The second kappa shape index (κ2) is 14.8. The molecule has 174 valence electrons. The van der Waals surface area contributed by atoms with Gasteiger partial charge < -0.3 is 21.5 Å². The molecule has 0 bridgehead atoms. The number of benzene rings is 1. The molecule has 2 amide bonds. The van der Waals surface area contributed by atoms with E-state index in [-0.39, 0.29) is 24.2 Å². The Morgan fingerprint density at radius 3 is 2.45 bits per heavy atom. The van der Waals surface area contributed by atoms with Crippen molar-refractivity contribution >= 4 is 33.7 Å². The third kappa shape index (κ3) is 12.4. The molecule has 2 rings (SSSR count). The molecule has 0 heterocycles. The molecule has 8 heteroatoms. The van der Waals surface area contributed by atoms with Crippen LogP contribution in [0, 0.1) is 11.8 Å². The minimum atomic E-state index is -0.383. The number of ether oxygens (including phenoxy) is 1. The standard InChI is InChI=1S/C13H25NO.C10H12BrN3O2/c1-11(2)10-14-13(15)9-8-12-6-4-3-5-7-12;1-16-7-3-2-6(8(11)5-7)4-9(15)14-10(12)13/h11-12H,3-10H2,1-2H3,(H,14,15);2-3,5H,4H2,1H3,(H4,12,13,14,15). The zero-order chi connectivity index (χ0) is 23.2. The van der Waals surface area contributed by atoms with Crippen LogP contribution in [0.5, 0.6) is 5.75 Å². The highest BCUT2D eigenvalue weighted by Gasteiger charge is 2.14. The van der Waals surface area contributed by atoms with Crippen LogP contribution >= 0.6 is 15.9 Å². The molecule has 1 fully saturated rings. The van der Waals surface area contributed by atoms with Gasteiger partial charge in [0.25, 0.3) is 5.91 Å². The minimum absolute atomic E-state index is 0.141. The topological polar surface area (TPSA) is 120 Å². The molecule has 0 saturated heterocycles. The quantitative estimate of drug-likeness (QED) is 0.372. The summed E-state index contributed by atoms with van der Waals surface area (Å²) in [7, 11) is 1.58. The second-order valence-corrected chi connectivity index (χ2v) is 9.16. The minimum Gasteiger partial charge on any atom is -0.497 e. The summed E-state index contributed by atoms with van der Waals surface area (Å²) in [6.45, 7) is 5.08. The lowest BCUT2D eigenvalue weighted by Crippen LogP contribution is -2.27. The summed E-state index contributed by atoms with van der Waals surface area (Å²) >= 11 is 3.34. The van der Waals surface area contributed by atoms with Crippen molar-refractivity contribution in [2.75, 3.05) is 13.7 Å². The molecule has 0 unspecified atom stereocenters. The van der Waals surface area contributed by atoms with E-state index < -0.39 is 0 Å². The van der Waals surface area contributed by atoms with Gasteiger partial charge in [0.05, 0.1) is 13.5 Å². The van der Waals surface area contributed by atoms with E-state index in [4.69, 9.17) is 16.2 Å². The molecule has 1 saturated carbocycles. The van der Waals surface area contributed by atoms with Crippen molar-refractivity contribution in [3.63, 3.8) is 0 Å². The van der Waals surface area contributed by atoms with E-state index in [1.165, 1.54) is 32.1 Å². The number of aliphatic imine (C=N–C) groups is 1. The van der Waals surface area contributed by atoms with Crippen LogP contribution < -0.4 is 21.5 Å². The van der Waals surface area contributed by atoms with E-state index in [1.54, 1.807) is 25.3 Å². The van der Waals surface area contributed by atoms with Gasteiger partial charge in [-0.2, -0.15) is 4.99 Å². The van der Waals surface area contributed by atoms with Crippen LogP contribution in [0.1, 0.15) is 64.4 Å². The average molecular weight is 497 g/mol. The molecular weight excluding hydrogens is 460 g/mol. The molecule has 1 aliphatic rings. The summed E-state index contributed by atoms with van der Waals surface area (Å²) in [5.74, 6) is 1.73. The van der Waals surface area contributed by atoms with Crippen LogP contribution in [0.2, 0.25) is 0 Å². The summed E-state index contributed by atoms with van der Waals surface area (Å²) < 4.78 is 5.82. The normalized spacial score (nSPS) is 13.7. The van der Waals surface area contributed by atoms with Gasteiger partial charge in [-0.05, 0) is 36.0 Å². The molecule has 5 N–H and O–H groups in total. The van der Waals surface area contributed by atoms with Gasteiger partial charge in [0.15, 0.2) is 5.96 Å². The van der Waals surface area contributed by atoms with Gasteiger partial charge in [-0.15, -0.1) is 0 Å². The maximum atomic E-state index is 11.5. The molecular formula is C23H37BrN4O3. The number of rotatable bonds is 8. The second-order valence-electron chi connectivity index (χ2n) is 8.31. The van der Waals surface area contributed by atoms with Crippen LogP contribution in [-0.4, -0.2) is 31.4 Å². The number of hydrogen-bond acceptors (Lipinski definition) is 3. The predicted octanol–water partition coefficient (Wildman–Crippen LogP) is 3.92. The van der Waals surface area contributed by atoms with Crippen LogP contribution in [-0.2, 0) is 16.0 Å². The molecule has 0 atom stereocenters. The van der Waals surface area contributed by atoms with Crippen LogP contribution in [0.4, 0.5) is 0 Å². The SMILES string of the molecule is CC(C)CNC(=O)CCC1CCCCC1.COc1ccc(CC(=O)N=C(N)N)c(Br)c1. The molecule has 0 aromatic heterocycles. The Bertz CT molecular complexity index is 728. The highest BCUT2D eigenvalue weighted by atomic mass is 79.9. The smallest absolute Gasteiger partial charge is 0.253 e. The molecule has 0 aliphatic heterocycles. The zero-order valence-corrected chi connectivity index (χ0v) is 20.5. The highest BCUT2D eigenvalue weighted by Crippen LogP contribution is 2.27. The number of methoxy groups -OCH3 is 1. The summed E-state index contributed by atoms with van der Waals surface area (Å²) in [6, 6.07) is 5.32. The summed E-state index contributed by atoms with van der Waals surface area (Å²) in [4.78, 5) is 26.2. The zero-order valence-electron chi connectivity index (χ0n) is 19.0. The summed E-state index contributed by atoms with van der Waals surface area (Å²) in [5.41, 5.74) is 11.0. The number of halogens is 1. The lowest BCUT2D eigenvalue weighted by atomic mass is 9.86. The molecule has 0 spiro atoms. The van der Waals surface area contributed by atoms with Gasteiger partial charge in [0.2, 0.25) is 5.91 Å². The first-order valence-corrected chi connectivity index (χ1v) is 11.7. The Hall–Kier alpha value is -2.09. The number of nitrogens with one attached hydrogen (secondary N) is 1. The Morgan fingerprint density at radius 1 is 1.23 bits per heavy atom. The third-order valence-corrected chi connectivity index (χ3v) is 5.81. The number of hydrogen-bond donors (Lipinski definition) is 3. The van der Waals surface area contributed by atoms with E-state index in [0.29, 0.717) is 11.7 Å². The molecule has 7 nitrogen and oxygen atoms in total. The van der Waals surface area contributed by atoms with Gasteiger partial charge in [0.1, 0.15) is 5.75 Å². The van der Waals surface area contributed by atoms with Crippen molar-refractivity contribution in [1.29, 1.82) is 0 Å². The number of guanidine groups is 1. The van der Waals surface area contributed by atoms with E-state index in [0.717, 1.165) is 35.3 Å². The Balaban J connectivity index is 0.000000311. The number of carbonyl (C=O) groups is 2. The summed E-state index contributed by atoms with van der Waals surface area (Å²) in [6.07, 6.45) is 8.81. The average Bonchev–Trinajstić information content (AvgIpc) is 2.73. The van der Waals surface area contributed by atoms with Crippen molar-refractivity contribution in [1.82, 2.24) is 5.32 Å². The van der Waals surface area contributed by atoms with Crippen molar-refractivity contribution in [2.45, 2.75) is 65.2 Å². The molecule has 1 aromatic carbocycles. The third-order valence-electron chi connectivity index (χ3n) is 5.07. The summed E-state index contributed by atoms with van der Waals surface area (Å²) in [5, 5.41) is 2.98. The van der Waals surface area contributed by atoms with Crippen LogP contribution in [0.3, 0.4) is 0 Å². The largest absolute Gasteiger partial charge is 0.497 e. The first-order chi connectivity index (χ1) is 14.7. The van der Waals surface area contributed by atoms with E-state index in [1.807, 2.05) is 0 Å². The van der Waals surface area contributed by atoms with Gasteiger partial charge in [0, 0.05) is 17.4 Å². The van der Waals surface area contributed by atoms with Gasteiger partial charge in [-0.3, -0.25) is 9.59 Å². The maximum Gasteiger partial charge on any atom is 0.253 e. The van der Waals surface area contributed by atoms with Gasteiger partial charge in [-0.25, -0.2) is 0 Å². The van der Waals surface area contributed by atoms with Crippen molar-refractivity contribution in [3.05, 3.63) is 28.2 Å². The van der Waals surface area contributed by atoms with Gasteiger partial charge in [-0.1, -0.05) is 67.9 Å². The lowest BCUT2D eigenvalue weighted by molar-refractivity contribution is -0.121. The highest BCUT2D eigenvalue weighted by molar-refractivity contribution is 9.10. The Kier molecular flexibility index (Phi) is 12.9. The maximum absolute atomic E-state index is 11.5. The fraction of sp³-hybridized carbons (Fsp3) is 0.609. The van der Waals surface area contributed by atoms with Crippen LogP contribution in [0.25, 0.3) is 0 Å². The predicted molar refractivity (Wildman–Crippen MR) is 129 cm³/mol. The van der Waals surface area contributed by atoms with Crippen molar-refractivity contribution in [3.8, 4) is 5.75 Å². The monoisotopic (exact) mass is 496 g/mol. The number of amides is 2. The fourth-order valence-electron chi connectivity index (χ4n) is 3.36. The van der Waals surface area contributed by atoms with Crippen molar-refractivity contribution in [2.24, 2.45) is 28.3 Å². The first kappa shape index (κ1) is 26.9. The molecule has 31 heavy (non-hydrogen) atoms. The molecule has 1 aliphatic carbocycles. The number of carbonyl (C=O) groups excluding carboxylic acids is 2. The fourth-order valence-corrected chi connectivity index (χ4v) is 3.86. The van der Waals surface area contributed by atoms with Gasteiger partial charge >= 0.3 is 0 Å². The number of nitrogens with two attached hydrogens (primary N) is 2. The molecule has 1 aromatic rings. The van der Waals surface area contributed by atoms with Crippen LogP contribution in [0.15, 0.2) is 27.7 Å². The Morgan fingerprint density at radius 2 is 1.90 bits per heavy atom. The van der Waals surface area contributed by atoms with E-state index >= 15 is 0 Å². The Labute approximate surface area is 194 Å². The number of nitrogens with zero attached hydrogens (tertiary/aromatic N) is 1. The van der Waals surface area contributed by atoms with Crippen molar-refractivity contribution < 1.29 is 14.3 Å². The van der Waals surface area contributed by atoms with E-state index in [9.17, 15) is 9.59 Å².